The Morgan fingerprint density at radius 3 is 1.86 bits per heavy atom. The molecule has 2 amide bonds. The second kappa shape index (κ2) is 5.54. The quantitative estimate of drug-likeness (QED) is 0.368. The van der Waals surface area contributed by atoms with E-state index < -0.39 is 52.3 Å². The van der Waals surface area contributed by atoms with Gasteiger partial charge >= 0.3 is 5.97 Å². The van der Waals surface area contributed by atoms with Gasteiger partial charge in [0.05, 0.1) is 0 Å². The number of carbonyl (C=O) groups is 3. The van der Waals surface area contributed by atoms with E-state index in [0.717, 1.165) is 0 Å². The van der Waals surface area contributed by atoms with Crippen LogP contribution in [0.4, 0.5) is 23.2 Å². The summed E-state index contributed by atoms with van der Waals surface area (Å²) in [6.45, 7) is 2.74. The summed E-state index contributed by atoms with van der Waals surface area (Å²) < 4.78 is 54.2. The van der Waals surface area contributed by atoms with Crippen molar-refractivity contribution in [2.24, 2.45) is 4.99 Å². The molecule has 0 unspecified atom stereocenters. The summed E-state index contributed by atoms with van der Waals surface area (Å²) in [5.41, 5.74) is -3.07. The van der Waals surface area contributed by atoms with Crippen molar-refractivity contribution in [2.75, 3.05) is 0 Å². The van der Waals surface area contributed by atoms with Crippen LogP contribution >= 0.6 is 0 Å². The first-order valence-corrected chi connectivity index (χ1v) is 5.70. The van der Waals surface area contributed by atoms with Crippen LogP contribution in [0, 0.1) is 23.3 Å². The Morgan fingerprint density at radius 2 is 1.45 bits per heavy atom. The number of rotatable bonds is 3. The third-order valence-corrected chi connectivity index (χ3v) is 2.78. The average Bonchev–Trinajstić information content (AvgIpc) is 2.78. The normalized spacial score (nSPS) is 14.5. The minimum atomic E-state index is -2.08. The van der Waals surface area contributed by atoms with Gasteiger partial charge in [-0.3, -0.25) is 14.6 Å². The average molecular weight is 318 g/mol. The zero-order valence-corrected chi connectivity index (χ0v) is 10.7. The number of aliphatic imine (C=N–C) groups is 1. The second-order valence-electron chi connectivity index (χ2n) is 4.10. The van der Waals surface area contributed by atoms with Gasteiger partial charge < -0.3 is 4.84 Å². The number of hydroxylamine groups is 2. The van der Waals surface area contributed by atoms with Crippen molar-refractivity contribution in [1.82, 2.24) is 5.06 Å². The maximum Gasteiger partial charge on any atom is 0.370 e. The van der Waals surface area contributed by atoms with Crippen molar-refractivity contribution < 1.29 is 36.8 Å². The van der Waals surface area contributed by atoms with Crippen LogP contribution in [-0.4, -0.2) is 29.6 Å². The third-order valence-electron chi connectivity index (χ3n) is 2.78. The molecule has 6 nitrogen and oxygen atoms in total. The Labute approximate surface area is 119 Å². The van der Waals surface area contributed by atoms with Crippen LogP contribution < -0.4 is 0 Å². The Morgan fingerprint density at radius 1 is 1.00 bits per heavy atom. The second-order valence-corrected chi connectivity index (χ2v) is 4.10. The van der Waals surface area contributed by atoms with E-state index in [4.69, 9.17) is 0 Å². The predicted molar refractivity (Wildman–Crippen MR) is 62.0 cm³/mol. The highest BCUT2D eigenvalue weighted by atomic mass is 19.2. The maximum absolute atomic E-state index is 13.7. The number of amides is 2. The van der Waals surface area contributed by atoms with Gasteiger partial charge in [-0.1, -0.05) is 0 Å². The van der Waals surface area contributed by atoms with Crippen molar-refractivity contribution >= 4 is 30.2 Å². The van der Waals surface area contributed by atoms with Crippen molar-refractivity contribution in [1.29, 1.82) is 0 Å². The molecule has 0 bridgehead atoms. The molecule has 0 N–H and O–H groups in total. The molecule has 0 atom stereocenters. The fourth-order valence-electron chi connectivity index (χ4n) is 1.72. The van der Waals surface area contributed by atoms with E-state index in [1.54, 1.807) is 0 Å². The SMILES string of the molecule is C=Nc1c(F)c(F)c(C(=O)ON2C(=O)CCC2=O)c(F)c1F. The van der Waals surface area contributed by atoms with E-state index in [1.165, 1.54) is 0 Å². The smallest absolute Gasteiger partial charge is 0.325 e. The molecule has 116 valence electrons. The molecule has 0 radical (unpaired) electrons. The summed E-state index contributed by atoms with van der Waals surface area (Å²) >= 11 is 0. The molecule has 2 rings (SSSR count). The number of imide groups is 1. The molecule has 0 aromatic heterocycles. The number of hydrogen-bond donors (Lipinski definition) is 0. The summed E-state index contributed by atoms with van der Waals surface area (Å²) in [4.78, 5) is 41.0. The van der Waals surface area contributed by atoms with Gasteiger partial charge in [0.25, 0.3) is 11.8 Å². The lowest BCUT2D eigenvalue weighted by molar-refractivity contribution is -0.172. The van der Waals surface area contributed by atoms with Crippen LogP contribution in [0.5, 0.6) is 0 Å². The fraction of sp³-hybridized carbons (Fsp3) is 0.167. The third kappa shape index (κ3) is 2.32. The Kier molecular flexibility index (Phi) is 3.93. The lowest BCUT2D eigenvalue weighted by Gasteiger charge is -2.14. The van der Waals surface area contributed by atoms with Gasteiger partial charge in [-0.15, -0.1) is 5.06 Å². The van der Waals surface area contributed by atoms with Crippen LogP contribution in [-0.2, 0) is 14.4 Å². The molecular weight excluding hydrogens is 312 g/mol. The lowest BCUT2D eigenvalue weighted by Crippen LogP contribution is -2.33. The van der Waals surface area contributed by atoms with Crippen LogP contribution in [0.15, 0.2) is 4.99 Å². The molecule has 1 aromatic rings. The highest BCUT2D eigenvalue weighted by Gasteiger charge is 2.36. The van der Waals surface area contributed by atoms with Gasteiger partial charge in [0, 0.05) is 12.8 Å². The summed E-state index contributed by atoms with van der Waals surface area (Å²) in [6, 6.07) is 0. The number of halogens is 4. The van der Waals surface area contributed by atoms with Gasteiger partial charge in [0.15, 0.2) is 23.3 Å². The zero-order chi connectivity index (χ0) is 16.6. The molecule has 1 aromatic carbocycles. The molecule has 22 heavy (non-hydrogen) atoms. The molecule has 1 heterocycles. The van der Waals surface area contributed by atoms with Crippen LogP contribution in [0.25, 0.3) is 0 Å². The molecule has 0 saturated carbocycles. The van der Waals surface area contributed by atoms with Gasteiger partial charge in [-0.25, -0.2) is 22.4 Å². The number of hydrogen-bond acceptors (Lipinski definition) is 5. The van der Waals surface area contributed by atoms with Gasteiger partial charge in [0.2, 0.25) is 0 Å². The summed E-state index contributed by atoms with van der Waals surface area (Å²) in [5.74, 6) is -11.9. The molecule has 1 aliphatic rings. The van der Waals surface area contributed by atoms with Crippen LogP contribution in [0.3, 0.4) is 0 Å². The minimum Gasteiger partial charge on any atom is -0.325 e. The van der Waals surface area contributed by atoms with Crippen LogP contribution in [0.2, 0.25) is 0 Å². The monoisotopic (exact) mass is 318 g/mol. The summed E-state index contributed by atoms with van der Waals surface area (Å²) in [5, 5.41) is -0.0172. The molecular formula is C12H6F4N2O4. The van der Waals surface area contributed by atoms with Crippen molar-refractivity contribution in [3.63, 3.8) is 0 Å². The zero-order valence-electron chi connectivity index (χ0n) is 10.7. The van der Waals surface area contributed by atoms with Gasteiger partial charge in [-0.05, 0) is 6.72 Å². The standard InChI is InChI=1S/C12H6F4N2O4/c1-17-11-9(15)7(13)6(8(14)10(11)16)12(21)22-18-4(19)2-3-5(18)20/h1-3H2. The van der Waals surface area contributed by atoms with Crippen molar-refractivity contribution in [2.45, 2.75) is 12.8 Å². The van der Waals surface area contributed by atoms with Gasteiger partial charge in [-0.2, -0.15) is 0 Å². The topological polar surface area (TPSA) is 76.0 Å². The molecule has 0 aliphatic carbocycles. The summed E-state index contributed by atoms with van der Waals surface area (Å²) in [7, 11) is 0. The number of nitrogens with zero attached hydrogens (tertiary/aromatic N) is 2. The molecule has 1 aliphatic heterocycles. The lowest BCUT2D eigenvalue weighted by atomic mass is 10.1. The minimum absolute atomic E-state index is 0.0172. The first kappa shape index (κ1) is 15.6. The Hall–Kier alpha value is -2.78. The predicted octanol–water partition coefficient (Wildman–Crippen LogP) is 1.80. The van der Waals surface area contributed by atoms with E-state index in [1.807, 2.05) is 0 Å². The van der Waals surface area contributed by atoms with E-state index >= 15 is 0 Å². The molecule has 1 fully saturated rings. The highest BCUT2D eigenvalue weighted by molar-refractivity contribution is 6.02. The largest absolute Gasteiger partial charge is 0.370 e. The molecule has 10 heteroatoms. The van der Waals surface area contributed by atoms with E-state index in [2.05, 4.69) is 16.5 Å². The van der Waals surface area contributed by atoms with E-state index in [-0.39, 0.29) is 17.9 Å². The Bertz CT molecular complexity index is 675. The molecule has 0 spiro atoms. The first-order chi connectivity index (χ1) is 10.3. The van der Waals surface area contributed by atoms with Gasteiger partial charge in [0.1, 0.15) is 11.3 Å². The van der Waals surface area contributed by atoms with Crippen molar-refractivity contribution in [3.05, 3.63) is 28.8 Å². The fourth-order valence-corrected chi connectivity index (χ4v) is 1.72. The van der Waals surface area contributed by atoms with Crippen LogP contribution in [0.1, 0.15) is 23.2 Å². The van der Waals surface area contributed by atoms with E-state index in [9.17, 15) is 31.9 Å². The highest BCUT2D eigenvalue weighted by Crippen LogP contribution is 2.30. The first-order valence-electron chi connectivity index (χ1n) is 5.70. The maximum atomic E-state index is 13.7. The van der Waals surface area contributed by atoms with E-state index in [0.29, 0.717) is 0 Å². The Balaban J connectivity index is 2.44. The van der Waals surface area contributed by atoms with Crippen molar-refractivity contribution in [3.8, 4) is 0 Å². The number of carbonyl (C=O) groups excluding carboxylic acids is 3. The molecule has 1 saturated heterocycles. The number of benzene rings is 1. The summed E-state index contributed by atoms with van der Waals surface area (Å²) in [6.07, 6.45) is -0.530.